The van der Waals surface area contributed by atoms with Gasteiger partial charge < -0.3 is 28.8 Å². The van der Waals surface area contributed by atoms with Gasteiger partial charge in [-0.15, -0.1) is 0 Å². The monoisotopic (exact) mass is 791 g/mol. The van der Waals surface area contributed by atoms with E-state index in [0.29, 0.717) is 56.7 Å². The van der Waals surface area contributed by atoms with Crippen LogP contribution in [0.3, 0.4) is 0 Å². The molecule has 11 heteroatoms. The van der Waals surface area contributed by atoms with Gasteiger partial charge in [-0.05, 0) is 139 Å². The minimum atomic E-state index is -1.34. The third-order valence-corrected chi connectivity index (χ3v) is 11.5. The maximum atomic E-state index is 13.1. The van der Waals surface area contributed by atoms with Crippen LogP contribution >= 0.6 is 0 Å². The van der Waals surface area contributed by atoms with Gasteiger partial charge in [-0.3, -0.25) is 24.0 Å². The molecule has 2 unspecified atom stereocenters. The molecule has 4 saturated carbocycles. The molecule has 0 amide bonds. The average molecular weight is 791 g/mol. The highest BCUT2D eigenvalue weighted by Crippen LogP contribution is 2.64. The highest BCUT2D eigenvalue weighted by Gasteiger charge is 2.54. The molecule has 4 rings (SSSR count). The lowest BCUT2D eigenvalue weighted by molar-refractivity contribution is -0.167. The molecule has 0 saturated heterocycles. The molecule has 56 heavy (non-hydrogen) atoms. The Bertz CT molecular complexity index is 1190. The second kappa shape index (κ2) is 26.7. The number of allylic oxidation sites excluding steroid dienone is 4. The summed E-state index contributed by atoms with van der Waals surface area (Å²) in [5.41, 5.74) is -0.929. The molecule has 0 aromatic carbocycles. The van der Waals surface area contributed by atoms with Crippen LogP contribution in [0.15, 0.2) is 24.3 Å². The fourth-order valence-electron chi connectivity index (χ4n) is 8.71. The second-order valence-electron chi connectivity index (χ2n) is 16.8. The fraction of sp³-hybridized carbons (Fsp3) is 0.800. The SMILES string of the molecule is CC/C=C\CCCCOC(=O)CCCCC(=O)OCC(CO)(COC(=O)CCCCC(=O)OCCCC/C=C\CC)COC(=O)CC1CC2CC3CC(C1)(C2)C3.[HH]. The number of rotatable bonds is 31. The van der Waals surface area contributed by atoms with Gasteiger partial charge in [-0.2, -0.15) is 0 Å². The van der Waals surface area contributed by atoms with E-state index < -0.39 is 24.0 Å². The summed E-state index contributed by atoms with van der Waals surface area (Å²) in [7, 11) is 0. The molecule has 0 aliphatic heterocycles. The third-order valence-electron chi connectivity index (χ3n) is 11.5. The van der Waals surface area contributed by atoms with E-state index in [9.17, 15) is 29.1 Å². The summed E-state index contributed by atoms with van der Waals surface area (Å²) < 4.78 is 27.4. The zero-order valence-corrected chi connectivity index (χ0v) is 34.6. The van der Waals surface area contributed by atoms with Crippen molar-refractivity contribution in [3.05, 3.63) is 24.3 Å². The Hall–Kier alpha value is -3.21. The standard InChI is InChI=1S/C45H72O11.H2/c1-3-5-7-9-11-17-23-52-39(47)19-13-15-21-41(49)54-33-45(32-46,35-56-43(51)27-37-25-36-26-38-30-44(28-36,29-37)31-38)34-55-42(50)22-16-14-20-40(48)53-24-18-12-10-8-6-4-2;/h5-8,36-38,46H,3-4,9-35H2,1-2H3;1H/b7-5-,8-6-;. The zero-order valence-electron chi connectivity index (χ0n) is 34.6. The van der Waals surface area contributed by atoms with Gasteiger partial charge in [0.05, 0.1) is 25.2 Å². The van der Waals surface area contributed by atoms with Gasteiger partial charge in [0.25, 0.3) is 0 Å². The smallest absolute Gasteiger partial charge is 0.306 e. The van der Waals surface area contributed by atoms with Crippen molar-refractivity contribution in [1.82, 2.24) is 0 Å². The first-order valence-corrected chi connectivity index (χ1v) is 21.8. The molecule has 11 nitrogen and oxygen atoms in total. The topological polar surface area (TPSA) is 152 Å². The predicted octanol–water partition coefficient (Wildman–Crippen LogP) is 8.93. The summed E-state index contributed by atoms with van der Waals surface area (Å²) in [6.07, 6.45) is 25.8. The molecule has 320 valence electrons. The molecule has 0 aromatic heterocycles. The highest BCUT2D eigenvalue weighted by atomic mass is 16.6. The molecule has 4 fully saturated rings. The van der Waals surface area contributed by atoms with Crippen molar-refractivity contribution in [3.63, 3.8) is 0 Å². The molecular formula is C45H74O11. The maximum absolute atomic E-state index is 13.1. The molecule has 1 spiro atoms. The Morgan fingerprint density at radius 3 is 1.46 bits per heavy atom. The van der Waals surface area contributed by atoms with E-state index in [-0.39, 0.29) is 70.8 Å². The number of aliphatic hydroxyl groups is 1. The van der Waals surface area contributed by atoms with Crippen molar-refractivity contribution in [2.75, 3.05) is 39.6 Å². The number of unbranched alkanes of at least 4 members (excludes halogenated alkanes) is 6. The van der Waals surface area contributed by atoms with E-state index in [0.717, 1.165) is 70.1 Å². The van der Waals surface area contributed by atoms with Crippen molar-refractivity contribution >= 4 is 29.8 Å². The average Bonchev–Trinajstić information content (AvgIpc) is 3.16. The molecule has 0 heterocycles. The van der Waals surface area contributed by atoms with E-state index >= 15 is 0 Å². The van der Waals surface area contributed by atoms with E-state index in [4.69, 9.17) is 23.7 Å². The first kappa shape index (κ1) is 47.2. The minimum absolute atomic E-state index is 0. The molecule has 1 N–H and O–H groups in total. The van der Waals surface area contributed by atoms with Crippen LogP contribution in [-0.2, 0) is 47.7 Å². The van der Waals surface area contributed by atoms with Crippen molar-refractivity contribution in [1.29, 1.82) is 0 Å². The molecular weight excluding hydrogens is 716 g/mol. The van der Waals surface area contributed by atoms with Gasteiger partial charge in [-0.25, -0.2) is 0 Å². The van der Waals surface area contributed by atoms with Gasteiger partial charge in [0.1, 0.15) is 19.8 Å². The van der Waals surface area contributed by atoms with Crippen molar-refractivity contribution in [2.24, 2.45) is 28.6 Å². The lowest BCUT2D eigenvalue weighted by Crippen LogP contribution is -2.49. The van der Waals surface area contributed by atoms with Gasteiger partial charge >= 0.3 is 29.8 Å². The van der Waals surface area contributed by atoms with E-state index in [1.54, 1.807) is 0 Å². The number of carbonyl (C=O) groups excluding carboxylic acids is 5. The van der Waals surface area contributed by atoms with Crippen molar-refractivity contribution < 1.29 is 54.2 Å². The van der Waals surface area contributed by atoms with E-state index in [2.05, 4.69) is 38.2 Å². The van der Waals surface area contributed by atoms with Gasteiger partial charge in [0.15, 0.2) is 0 Å². The quantitative estimate of drug-likeness (QED) is 0.0310. The Balaban J connectivity index is 0.0000112. The van der Waals surface area contributed by atoms with E-state index in [1.165, 1.54) is 25.7 Å². The van der Waals surface area contributed by atoms with Gasteiger partial charge in [-0.1, -0.05) is 38.2 Å². The zero-order chi connectivity index (χ0) is 40.5. The largest absolute Gasteiger partial charge is 0.466 e. The van der Waals surface area contributed by atoms with Gasteiger partial charge in [0, 0.05) is 33.5 Å². The number of carbonyl (C=O) groups is 5. The van der Waals surface area contributed by atoms with Crippen LogP contribution in [0.25, 0.3) is 0 Å². The molecule has 0 aromatic rings. The Labute approximate surface area is 337 Å². The first-order chi connectivity index (χ1) is 27.1. The summed E-state index contributed by atoms with van der Waals surface area (Å²) in [6, 6.07) is 0. The summed E-state index contributed by atoms with van der Waals surface area (Å²) in [6.45, 7) is 3.51. The Kier molecular flexibility index (Phi) is 22.5. The van der Waals surface area contributed by atoms with Crippen molar-refractivity contribution in [2.45, 2.75) is 162 Å². The van der Waals surface area contributed by atoms with Gasteiger partial charge in [0.2, 0.25) is 0 Å². The van der Waals surface area contributed by atoms with Crippen LogP contribution in [-0.4, -0.2) is 74.6 Å². The third kappa shape index (κ3) is 18.8. The van der Waals surface area contributed by atoms with Crippen LogP contribution in [0, 0.1) is 28.6 Å². The van der Waals surface area contributed by atoms with Crippen LogP contribution in [0.2, 0.25) is 0 Å². The van der Waals surface area contributed by atoms with Crippen LogP contribution in [0.1, 0.15) is 163 Å². The van der Waals surface area contributed by atoms with Crippen LogP contribution in [0.5, 0.6) is 0 Å². The summed E-state index contributed by atoms with van der Waals surface area (Å²) in [5, 5.41) is 10.5. The summed E-state index contributed by atoms with van der Waals surface area (Å²) in [4.78, 5) is 62.7. The maximum Gasteiger partial charge on any atom is 0.306 e. The highest BCUT2D eigenvalue weighted by molar-refractivity contribution is 5.72. The molecule has 4 aliphatic rings. The Morgan fingerprint density at radius 1 is 0.571 bits per heavy atom. The fourth-order valence-corrected chi connectivity index (χ4v) is 8.71. The molecule has 2 atom stereocenters. The summed E-state index contributed by atoms with van der Waals surface area (Å²) >= 11 is 0. The Morgan fingerprint density at radius 2 is 1.02 bits per heavy atom. The molecule has 0 radical (unpaired) electrons. The first-order valence-electron chi connectivity index (χ1n) is 21.8. The number of ether oxygens (including phenoxy) is 5. The minimum Gasteiger partial charge on any atom is -0.466 e. The molecule has 3 bridgehead atoms. The predicted molar refractivity (Wildman–Crippen MR) is 215 cm³/mol. The van der Waals surface area contributed by atoms with E-state index in [1.807, 2.05) is 0 Å². The lowest BCUT2D eigenvalue weighted by Gasteiger charge is -2.60. The number of aliphatic hydroxyl groups excluding tert-OH is 1. The number of hydrogen-bond acceptors (Lipinski definition) is 11. The number of esters is 5. The summed E-state index contributed by atoms with van der Waals surface area (Å²) in [5.74, 6) is -0.176. The van der Waals surface area contributed by atoms with Crippen LogP contribution in [0.4, 0.5) is 0 Å². The lowest BCUT2D eigenvalue weighted by atomic mass is 9.45. The second-order valence-corrected chi connectivity index (χ2v) is 16.8. The molecule has 4 aliphatic carbocycles. The van der Waals surface area contributed by atoms with Crippen molar-refractivity contribution in [3.8, 4) is 0 Å². The number of hydrogen-bond donors (Lipinski definition) is 1. The normalized spacial score (nSPS) is 21.4. The van der Waals surface area contributed by atoms with Crippen LogP contribution < -0.4 is 0 Å².